The third kappa shape index (κ3) is 4.42. The molecule has 162 valence electrons. The number of amides is 1. The van der Waals surface area contributed by atoms with Crippen LogP contribution in [0, 0.1) is 0 Å². The quantitative estimate of drug-likeness (QED) is 0.436. The molecular weight excluding hydrogens is 420 g/mol. The maximum atomic E-state index is 13.6. The number of nitrogens with zero attached hydrogens (tertiary/aromatic N) is 2. The molecule has 0 aromatic heterocycles. The molecule has 0 atom stereocenters. The Balaban J connectivity index is 1.72. The summed E-state index contributed by atoms with van der Waals surface area (Å²) in [4.78, 5) is 17.1. The molecule has 1 aliphatic heterocycles. The Morgan fingerprint density at radius 2 is 1.59 bits per heavy atom. The van der Waals surface area contributed by atoms with Crippen LogP contribution in [0.4, 0.5) is 0 Å². The molecule has 0 saturated carbocycles. The van der Waals surface area contributed by atoms with E-state index in [0.29, 0.717) is 16.6 Å². The van der Waals surface area contributed by atoms with Gasteiger partial charge in [0.25, 0.3) is 5.91 Å². The molecule has 3 aromatic rings. The van der Waals surface area contributed by atoms with Gasteiger partial charge in [0, 0.05) is 7.05 Å². The molecule has 1 N–H and O–H groups in total. The Morgan fingerprint density at radius 1 is 0.969 bits per heavy atom. The first-order valence-electron chi connectivity index (χ1n) is 10.4. The van der Waals surface area contributed by atoms with Crippen LogP contribution in [0.3, 0.4) is 0 Å². The van der Waals surface area contributed by atoms with Gasteiger partial charge in [0.05, 0.1) is 12.6 Å². The summed E-state index contributed by atoms with van der Waals surface area (Å²) in [6, 6.07) is 26.9. The van der Waals surface area contributed by atoms with E-state index < -0.39 is 0 Å². The summed E-state index contributed by atoms with van der Waals surface area (Å²) in [5.41, 5.74) is 3.29. The molecule has 1 fully saturated rings. The number of likely N-dealkylation sites (N-methyl/N-ethyl adjacent to an activating group) is 1. The van der Waals surface area contributed by atoms with Crippen LogP contribution >= 0.6 is 12.2 Å². The summed E-state index contributed by atoms with van der Waals surface area (Å²) in [6.45, 7) is 0.155. The van der Waals surface area contributed by atoms with Crippen LogP contribution in [0.15, 0.2) is 90.6 Å². The van der Waals surface area contributed by atoms with Gasteiger partial charge < -0.3 is 14.7 Å². The third-order valence-corrected chi connectivity index (χ3v) is 5.77. The maximum absolute atomic E-state index is 13.6. The van der Waals surface area contributed by atoms with Crippen molar-refractivity contribution in [3.63, 3.8) is 0 Å². The third-order valence-electron chi connectivity index (χ3n) is 5.30. The zero-order valence-corrected chi connectivity index (χ0v) is 18.5. The number of ether oxygens (including phenoxy) is 1. The highest BCUT2D eigenvalue weighted by Gasteiger charge is 2.41. The highest BCUT2D eigenvalue weighted by Crippen LogP contribution is 2.35. The van der Waals surface area contributed by atoms with E-state index in [1.54, 1.807) is 9.80 Å². The van der Waals surface area contributed by atoms with Gasteiger partial charge in [-0.15, -0.1) is 0 Å². The number of hydrogen-bond acceptors (Lipinski definition) is 4. The number of carbonyl (C=O) groups is 1. The summed E-state index contributed by atoms with van der Waals surface area (Å²) in [7, 11) is 1.81. The topological polar surface area (TPSA) is 53.0 Å². The predicted octanol–water partition coefficient (Wildman–Crippen LogP) is 4.25. The van der Waals surface area contributed by atoms with E-state index in [1.165, 1.54) is 0 Å². The number of benzene rings is 3. The second-order valence-electron chi connectivity index (χ2n) is 7.41. The van der Waals surface area contributed by atoms with E-state index >= 15 is 0 Å². The molecule has 0 unspecified atom stereocenters. The lowest BCUT2D eigenvalue weighted by Crippen LogP contribution is -2.35. The molecule has 3 aromatic carbocycles. The predicted molar refractivity (Wildman–Crippen MR) is 129 cm³/mol. The molecule has 5 nitrogen and oxygen atoms in total. The molecule has 1 amide bonds. The largest absolute Gasteiger partial charge is 0.491 e. The van der Waals surface area contributed by atoms with Crippen molar-refractivity contribution in [2.75, 3.05) is 20.3 Å². The van der Waals surface area contributed by atoms with E-state index in [9.17, 15) is 4.79 Å². The minimum Gasteiger partial charge on any atom is -0.491 e. The summed E-state index contributed by atoms with van der Waals surface area (Å²) < 4.78 is 5.50. The average molecular weight is 445 g/mol. The lowest BCUT2D eigenvalue weighted by molar-refractivity contribution is -0.123. The van der Waals surface area contributed by atoms with Crippen LogP contribution in [0.1, 0.15) is 22.7 Å². The normalized spacial score (nSPS) is 15.2. The van der Waals surface area contributed by atoms with Gasteiger partial charge in [-0.05, 0) is 47.1 Å². The monoisotopic (exact) mass is 444 g/mol. The molecule has 0 aliphatic carbocycles. The summed E-state index contributed by atoms with van der Waals surface area (Å²) in [5, 5.41) is 9.44. The van der Waals surface area contributed by atoms with Crippen molar-refractivity contribution in [2.24, 2.45) is 0 Å². The van der Waals surface area contributed by atoms with Crippen molar-refractivity contribution >= 4 is 29.3 Å². The standard InChI is InChI=1S/C26H24N2O3S/c1-27-23(18-19-9-8-14-22(17-19)31-16-15-29)25(30)28(26(27)32)24(20-10-4-2-5-11-20)21-12-6-3-7-13-21/h2-14,17-18,24,29H,15-16H2,1H3/b23-18+. The van der Waals surface area contributed by atoms with Gasteiger partial charge in [-0.1, -0.05) is 72.8 Å². The first kappa shape index (κ1) is 21.7. The minimum absolute atomic E-state index is 0.0594. The first-order valence-corrected chi connectivity index (χ1v) is 10.8. The molecule has 4 rings (SSSR count). The van der Waals surface area contributed by atoms with Crippen LogP contribution in [0.25, 0.3) is 6.08 Å². The zero-order chi connectivity index (χ0) is 22.5. The van der Waals surface area contributed by atoms with Gasteiger partial charge >= 0.3 is 0 Å². The van der Waals surface area contributed by atoms with E-state index in [2.05, 4.69) is 0 Å². The number of aliphatic hydroxyl groups excluding tert-OH is 1. The highest BCUT2D eigenvalue weighted by atomic mass is 32.1. The summed E-state index contributed by atoms with van der Waals surface area (Å²) >= 11 is 5.73. The Hall–Kier alpha value is -3.48. The molecule has 1 saturated heterocycles. The van der Waals surface area contributed by atoms with Crippen LogP contribution in [0.5, 0.6) is 5.75 Å². The van der Waals surface area contributed by atoms with Gasteiger partial charge in [-0.2, -0.15) is 0 Å². The molecular formula is C26H24N2O3S. The number of thiocarbonyl (C=S) groups is 1. The number of rotatable bonds is 7. The minimum atomic E-state index is -0.329. The van der Waals surface area contributed by atoms with E-state index in [-0.39, 0.29) is 25.2 Å². The highest BCUT2D eigenvalue weighted by molar-refractivity contribution is 7.80. The van der Waals surface area contributed by atoms with E-state index in [4.69, 9.17) is 22.1 Å². The second kappa shape index (κ2) is 9.77. The van der Waals surface area contributed by atoms with Crippen LogP contribution in [-0.2, 0) is 4.79 Å². The van der Waals surface area contributed by atoms with Crippen molar-refractivity contribution < 1.29 is 14.6 Å². The SMILES string of the molecule is CN1C(=S)N(C(c2ccccc2)c2ccccc2)C(=O)/C1=C\c1cccc(OCCO)c1. The van der Waals surface area contributed by atoms with Gasteiger partial charge in [0.15, 0.2) is 5.11 Å². The average Bonchev–Trinajstić information content (AvgIpc) is 3.03. The fourth-order valence-corrected chi connectivity index (χ4v) is 4.07. The molecule has 32 heavy (non-hydrogen) atoms. The first-order chi connectivity index (χ1) is 15.6. The van der Waals surface area contributed by atoms with Crippen molar-refractivity contribution in [3.8, 4) is 5.75 Å². The van der Waals surface area contributed by atoms with Crippen LogP contribution in [-0.4, -0.2) is 46.2 Å². The smallest absolute Gasteiger partial charge is 0.277 e. The summed E-state index contributed by atoms with van der Waals surface area (Å²) in [5.74, 6) is 0.476. The fraction of sp³-hybridized carbons (Fsp3) is 0.154. The number of carbonyl (C=O) groups excluding carboxylic acids is 1. The fourth-order valence-electron chi connectivity index (χ4n) is 3.78. The Labute approximate surface area is 193 Å². The zero-order valence-electron chi connectivity index (χ0n) is 17.7. The molecule has 0 bridgehead atoms. The van der Waals surface area contributed by atoms with Crippen LogP contribution < -0.4 is 4.74 Å². The van der Waals surface area contributed by atoms with Crippen molar-refractivity contribution in [1.29, 1.82) is 0 Å². The molecule has 6 heteroatoms. The van der Waals surface area contributed by atoms with Crippen molar-refractivity contribution in [3.05, 3.63) is 107 Å². The Bertz CT molecular complexity index is 1090. The number of hydrogen-bond donors (Lipinski definition) is 1. The van der Waals surface area contributed by atoms with Gasteiger partial charge in [0.1, 0.15) is 18.1 Å². The molecule has 0 radical (unpaired) electrons. The molecule has 1 aliphatic rings. The molecule has 0 spiro atoms. The number of aliphatic hydroxyl groups is 1. The van der Waals surface area contributed by atoms with Gasteiger partial charge in [-0.25, -0.2) is 0 Å². The lowest BCUT2D eigenvalue weighted by Gasteiger charge is -2.28. The van der Waals surface area contributed by atoms with Gasteiger partial charge in [0.2, 0.25) is 0 Å². The van der Waals surface area contributed by atoms with E-state index in [0.717, 1.165) is 16.7 Å². The van der Waals surface area contributed by atoms with Crippen LogP contribution in [0.2, 0.25) is 0 Å². The molecule has 1 heterocycles. The lowest BCUT2D eigenvalue weighted by atomic mass is 9.97. The van der Waals surface area contributed by atoms with Gasteiger partial charge in [-0.3, -0.25) is 9.69 Å². The summed E-state index contributed by atoms with van der Waals surface area (Å²) in [6.07, 6.45) is 1.81. The Kier molecular flexibility index (Phi) is 6.63. The second-order valence-corrected chi connectivity index (χ2v) is 7.78. The Morgan fingerprint density at radius 3 is 2.19 bits per heavy atom. The maximum Gasteiger partial charge on any atom is 0.277 e. The van der Waals surface area contributed by atoms with E-state index in [1.807, 2.05) is 98.1 Å². The van der Waals surface area contributed by atoms with Crippen molar-refractivity contribution in [1.82, 2.24) is 9.80 Å². The van der Waals surface area contributed by atoms with Crippen molar-refractivity contribution in [2.45, 2.75) is 6.04 Å².